The molecule has 1 heterocycles. The largest absolute Gasteiger partial charge is 0.478 e. The molecule has 1 aromatic heterocycles. The van der Waals surface area contributed by atoms with Gasteiger partial charge in [0.1, 0.15) is 0 Å². The monoisotopic (exact) mass is 180 g/mol. The lowest BCUT2D eigenvalue weighted by Crippen LogP contribution is -2.10. The van der Waals surface area contributed by atoms with Gasteiger partial charge in [-0.1, -0.05) is 0 Å². The Bertz CT molecular complexity index is 334. The molecule has 13 heavy (non-hydrogen) atoms. The molecule has 70 valence electrons. The zero-order chi connectivity index (χ0) is 10.0. The predicted octanol–water partition coefficient (Wildman–Crippen LogP) is 1.11. The van der Waals surface area contributed by atoms with Crippen molar-refractivity contribution in [3.05, 3.63) is 29.1 Å². The van der Waals surface area contributed by atoms with E-state index < -0.39 is 5.97 Å². The lowest BCUT2D eigenvalue weighted by Gasteiger charge is -2.08. The number of nitrogens with two attached hydrogens (primary N) is 1. The molecule has 0 spiro atoms. The van der Waals surface area contributed by atoms with Gasteiger partial charge in [0, 0.05) is 17.9 Å². The van der Waals surface area contributed by atoms with E-state index in [1.54, 1.807) is 13.0 Å². The molecular formula is C9H12N2O2. The summed E-state index contributed by atoms with van der Waals surface area (Å²) in [4.78, 5) is 14.6. The van der Waals surface area contributed by atoms with E-state index in [4.69, 9.17) is 10.8 Å². The lowest BCUT2D eigenvalue weighted by molar-refractivity contribution is 0.0696. The molecule has 4 heteroatoms. The Hall–Kier alpha value is -1.42. The third-order valence-corrected chi connectivity index (χ3v) is 1.86. The highest BCUT2D eigenvalue weighted by Crippen LogP contribution is 2.14. The molecule has 0 aliphatic heterocycles. The summed E-state index contributed by atoms with van der Waals surface area (Å²) in [6.07, 6.45) is 1.34. The van der Waals surface area contributed by atoms with Crippen molar-refractivity contribution in [1.82, 2.24) is 4.98 Å². The Balaban J connectivity index is 3.19. The number of nitrogens with zero attached hydrogens (tertiary/aromatic N) is 1. The smallest absolute Gasteiger partial charge is 0.337 e. The molecule has 1 atom stereocenters. The number of aromatic carboxylic acids is 1. The number of aromatic nitrogens is 1. The summed E-state index contributed by atoms with van der Waals surface area (Å²) in [7, 11) is 0. The Morgan fingerprint density at radius 1 is 1.69 bits per heavy atom. The first-order valence-corrected chi connectivity index (χ1v) is 3.97. The van der Waals surface area contributed by atoms with Crippen molar-refractivity contribution in [1.29, 1.82) is 0 Å². The van der Waals surface area contributed by atoms with Crippen molar-refractivity contribution in [3.8, 4) is 0 Å². The van der Waals surface area contributed by atoms with Gasteiger partial charge in [-0.3, -0.25) is 4.98 Å². The molecule has 0 aliphatic carbocycles. The van der Waals surface area contributed by atoms with Crippen LogP contribution in [0.5, 0.6) is 0 Å². The van der Waals surface area contributed by atoms with Crippen LogP contribution in [0.15, 0.2) is 12.3 Å². The van der Waals surface area contributed by atoms with E-state index in [0.717, 1.165) is 11.3 Å². The summed E-state index contributed by atoms with van der Waals surface area (Å²) in [6, 6.07) is 1.38. The second-order valence-electron chi connectivity index (χ2n) is 2.99. The summed E-state index contributed by atoms with van der Waals surface area (Å²) in [5, 5.41) is 8.70. The Morgan fingerprint density at radius 2 is 2.31 bits per heavy atom. The van der Waals surface area contributed by atoms with Crippen LogP contribution in [0.2, 0.25) is 0 Å². The van der Waals surface area contributed by atoms with Gasteiger partial charge in [0.05, 0.1) is 5.56 Å². The number of carbonyl (C=O) groups is 1. The first-order chi connectivity index (χ1) is 6.02. The van der Waals surface area contributed by atoms with Crippen LogP contribution in [0.1, 0.15) is 34.6 Å². The number of hydrogen-bond donors (Lipinski definition) is 2. The van der Waals surface area contributed by atoms with Crippen molar-refractivity contribution < 1.29 is 9.90 Å². The number of aryl methyl sites for hydroxylation is 1. The minimum Gasteiger partial charge on any atom is -0.478 e. The van der Waals surface area contributed by atoms with E-state index in [9.17, 15) is 4.79 Å². The number of carboxylic acids is 1. The SMILES string of the molecule is Cc1ncc(C(=O)O)cc1C(C)N. The van der Waals surface area contributed by atoms with Crippen LogP contribution in [-0.2, 0) is 0 Å². The van der Waals surface area contributed by atoms with Crippen molar-refractivity contribution in [2.45, 2.75) is 19.9 Å². The van der Waals surface area contributed by atoms with Crippen LogP contribution in [0.3, 0.4) is 0 Å². The van der Waals surface area contributed by atoms with Gasteiger partial charge in [0.25, 0.3) is 0 Å². The van der Waals surface area contributed by atoms with Gasteiger partial charge in [0.2, 0.25) is 0 Å². The fraction of sp³-hybridized carbons (Fsp3) is 0.333. The van der Waals surface area contributed by atoms with Crippen LogP contribution < -0.4 is 5.73 Å². The highest BCUT2D eigenvalue weighted by molar-refractivity contribution is 5.87. The van der Waals surface area contributed by atoms with Crippen molar-refractivity contribution in [3.63, 3.8) is 0 Å². The van der Waals surface area contributed by atoms with E-state index in [2.05, 4.69) is 4.98 Å². The van der Waals surface area contributed by atoms with Crippen LogP contribution in [0.25, 0.3) is 0 Å². The van der Waals surface area contributed by atoms with E-state index >= 15 is 0 Å². The predicted molar refractivity (Wildman–Crippen MR) is 48.5 cm³/mol. The molecule has 0 aliphatic rings. The molecule has 0 amide bonds. The van der Waals surface area contributed by atoms with Crippen LogP contribution in [-0.4, -0.2) is 16.1 Å². The first kappa shape index (κ1) is 9.67. The average molecular weight is 180 g/mol. The minimum absolute atomic E-state index is 0.179. The van der Waals surface area contributed by atoms with E-state index in [1.165, 1.54) is 6.20 Å². The summed E-state index contributed by atoms with van der Waals surface area (Å²) >= 11 is 0. The summed E-state index contributed by atoms with van der Waals surface area (Å²) in [5.41, 5.74) is 7.38. The Labute approximate surface area is 76.4 Å². The normalized spacial score (nSPS) is 12.5. The van der Waals surface area contributed by atoms with Crippen molar-refractivity contribution >= 4 is 5.97 Å². The third-order valence-electron chi connectivity index (χ3n) is 1.86. The van der Waals surface area contributed by atoms with Crippen LogP contribution in [0.4, 0.5) is 0 Å². The molecule has 4 nitrogen and oxygen atoms in total. The summed E-state index contributed by atoms with van der Waals surface area (Å²) < 4.78 is 0. The maximum atomic E-state index is 10.6. The van der Waals surface area contributed by atoms with Crippen molar-refractivity contribution in [2.24, 2.45) is 5.73 Å². The fourth-order valence-corrected chi connectivity index (χ4v) is 1.13. The summed E-state index contributed by atoms with van der Waals surface area (Å²) in [6.45, 7) is 3.61. The number of pyridine rings is 1. The fourth-order valence-electron chi connectivity index (χ4n) is 1.13. The van der Waals surface area contributed by atoms with E-state index in [0.29, 0.717) is 0 Å². The number of rotatable bonds is 2. The number of carboxylic acid groups (broad SMARTS) is 1. The lowest BCUT2D eigenvalue weighted by atomic mass is 10.1. The first-order valence-electron chi connectivity index (χ1n) is 3.97. The third kappa shape index (κ3) is 2.03. The molecule has 0 radical (unpaired) electrons. The van der Waals surface area contributed by atoms with E-state index in [1.807, 2.05) is 6.92 Å². The van der Waals surface area contributed by atoms with Gasteiger partial charge < -0.3 is 10.8 Å². The van der Waals surface area contributed by atoms with Gasteiger partial charge in [-0.2, -0.15) is 0 Å². The molecule has 3 N–H and O–H groups in total. The topological polar surface area (TPSA) is 76.2 Å². The molecule has 0 bridgehead atoms. The molecule has 0 aromatic carbocycles. The Morgan fingerprint density at radius 3 is 2.77 bits per heavy atom. The zero-order valence-corrected chi connectivity index (χ0v) is 7.61. The molecule has 1 unspecified atom stereocenters. The highest BCUT2D eigenvalue weighted by atomic mass is 16.4. The molecule has 0 fully saturated rings. The van der Waals surface area contributed by atoms with Gasteiger partial charge in [-0.15, -0.1) is 0 Å². The standard InChI is InChI=1S/C9H12N2O2/c1-5(10)8-3-7(9(12)13)4-11-6(8)2/h3-5H,10H2,1-2H3,(H,12,13). The average Bonchev–Trinajstić information content (AvgIpc) is 2.04. The highest BCUT2D eigenvalue weighted by Gasteiger charge is 2.09. The van der Waals surface area contributed by atoms with E-state index in [-0.39, 0.29) is 11.6 Å². The molecule has 1 aromatic rings. The summed E-state index contributed by atoms with van der Waals surface area (Å²) in [5.74, 6) is -0.977. The van der Waals surface area contributed by atoms with Gasteiger partial charge in [0.15, 0.2) is 0 Å². The maximum Gasteiger partial charge on any atom is 0.337 e. The second kappa shape index (κ2) is 3.53. The van der Waals surface area contributed by atoms with Crippen LogP contribution >= 0.6 is 0 Å². The Kier molecular flexibility index (Phi) is 2.63. The van der Waals surface area contributed by atoms with Crippen LogP contribution in [0, 0.1) is 6.92 Å². The molecule has 0 saturated carbocycles. The van der Waals surface area contributed by atoms with Crippen molar-refractivity contribution in [2.75, 3.05) is 0 Å². The maximum absolute atomic E-state index is 10.6. The quantitative estimate of drug-likeness (QED) is 0.714. The van der Waals surface area contributed by atoms with Gasteiger partial charge in [-0.25, -0.2) is 4.79 Å². The molecule has 1 rings (SSSR count). The zero-order valence-electron chi connectivity index (χ0n) is 7.61. The van der Waals surface area contributed by atoms with Gasteiger partial charge >= 0.3 is 5.97 Å². The minimum atomic E-state index is -0.977. The second-order valence-corrected chi connectivity index (χ2v) is 2.99. The van der Waals surface area contributed by atoms with Gasteiger partial charge in [-0.05, 0) is 25.5 Å². The molecule has 0 saturated heterocycles. The molecular weight excluding hydrogens is 168 g/mol. The number of hydrogen-bond acceptors (Lipinski definition) is 3.